The molecule has 0 bridgehead atoms. The standard InChI is InChI=1S/C15H15F2NO2/c1-8-5-13(17)14(7-12(8)16)18-9(2)11-6-10(19)3-4-15(11)20/h3-7,9,18-20H,1-2H3. The predicted molar refractivity (Wildman–Crippen MR) is 72.9 cm³/mol. The summed E-state index contributed by atoms with van der Waals surface area (Å²) in [6.45, 7) is 3.15. The summed E-state index contributed by atoms with van der Waals surface area (Å²) in [6, 6.07) is 5.73. The van der Waals surface area contributed by atoms with Gasteiger partial charge in [-0.1, -0.05) is 0 Å². The van der Waals surface area contributed by atoms with Crippen molar-refractivity contribution < 1.29 is 19.0 Å². The number of hydrogen-bond acceptors (Lipinski definition) is 3. The normalized spacial score (nSPS) is 12.2. The van der Waals surface area contributed by atoms with Gasteiger partial charge >= 0.3 is 0 Å². The average Bonchev–Trinajstić information content (AvgIpc) is 2.38. The highest BCUT2D eigenvalue weighted by molar-refractivity contribution is 5.51. The van der Waals surface area contributed by atoms with Crippen molar-refractivity contribution in [1.29, 1.82) is 0 Å². The molecule has 0 aliphatic carbocycles. The highest BCUT2D eigenvalue weighted by atomic mass is 19.1. The number of aryl methyl sites for hydroxylation is 1. The highest BCUT2D eigenvalue weighted by Crippen LogP contribution is 2.31. The third-order valence-electron chi connectivity index (χ3n) is 3.10. The van der Waals surface area contributed by atoms with Crippen molar-refractivity contribution in [3.63, 3.8) is 0 Å². The van der Waals surface area contributed by atoms with Crippen LogP contribution in [0, 0.1) is 18.6 Å². The fourth-order valence-corrected chi connectivity index (χ4v) is 1.96. The molecule has 0 aliphatic heterocycles. The lowest BCUT2D eigenvalue weighted by molar-refractivity contribution is 0.451. The first-order valence-corrected chi connectivity index (χ1v) is 6.12. The minimum absolute atomic E-state index is 0.00310. The topological polar surface area (TPSA) is 52.5 Å². The molecule has 2 aromatic rings. The van der Waals surface area contributed by atoms with Gasteiger partial charge in [-0.25, -0.2) is 8.78 Å². The van der Waals surface area contributed by atoms with Crippen LogP contribution in [0.4, 0.5) is 14.5 Å². The Morgan fingerprint density at radius 3 is 2.45 bits per heavy atom. The van der Waals surface area contributed by atoms with Crippen LogP contribution in [-0.4, -0.2) is 10.2 Å². The smallest absolute Gasteiger partial charge is 0.146 e. The SMILES string of the molecule is Cc1cc(F)c(NC(C)c2cc(O)ccc2O)cc1F. The Bertz CT molecular complexity index is 644. The van der Waals surface area contributed by atoms with Gasteiger partial charge in [0, 0.05) is 11.6 Å². The van der Waals surface area contributed by atoms with E-state index in [2.05, 4.69) is 5.32 Å². The summed E-state index contributed by atoms with van der Waals surface area (Å²) in [6.07, 6.45) is 0. The quantitative estimate of drug-likeness (QED) is 0.748. The highest BCUT2D eigenvalue weighted by Gasteiger charge is 2.14. The Balaban J connectivity index is 2.30. The third kappa shape index (κ3) is 2.82. The van der Waals surface area contributed by atoms with E-state index in [0.29, 0.717) is 5.56 Å². The predicted octanol–water partition coefficient (Wildman–Crippen LogP) is 3.86. The largest absolute Gasteiger partial charge is 0.508 e. The molecule has 106 valence electrons. The maximum atomic E-state index is 13.7. The molecule has 3 N–H and O–H groups in total. The minimum Gasteiger partial charge on any atom is -0.508 e. The van der Waals surface area contributed by atoms with E-state index in [9.17, 15) is 19.0 Å². The van der Waals surface area contributed by atoms with E-state index >= 15 is 0 Å². The van der Waals surface area contributed by atoms with E-state index in [1.54, 1.807) is 6.92 Å². The number of halogens is 2. The second kappa shape index (κ2) is 5.36. The van der Waals surface area contributed by atoms with Crippen molar-refractivity contribution in [2.45, 2.75) is 19.9 Å². The summed E-state index contributed by atoms with van der Waals surface area (Å²) >= 11 is 0. The Hall–Kier alpha value is -2.30. The zero-order valence-electron chi connectivity index (χ0n) is 11.1. The lowest BCUT2D eigenvalue weighted by Gasteiger charge is -2.18. The monoisotopic (exact) mass is 279 g/mol. The average molecular weight is 279 g/mol. The van der Waals surface area contributed by atoms with Crippen molar-refractivity contribution >= 4 is 5.69 Å². The van der Waals surface area contributed by atoms with Crippen molar-refractivity contribution in [3.8, 4) is 11.5 Å². The van der Waals surface area contributed by atoms with Crippen LogP contribution < -0.4 is 5.32 Å². The fourth-order valence-electron chi connectivity index (χ4n) is 1.96. The maximum absolute atomic E-state index is 13.7. The van der Waals surface area contributed by atoms with Gasteiger partial charge in [-0.3, -0.25) is 0 Å². The van der Waals surface area contributed by atoms with Crippen molar-refractivity contribution in [1.82, 2.24) is 0 Å². The summed E-state index contributed by atoms with van der Waals surface area (Å²) in [5.41, 5.74) is 0.620. The number of phenolic OH excluding ortho intramolecular Hbond substituents is 2. The molecule has 0 saturated carbocycles. The molecular weight excluding hydrogens is 264 g/mol. The van der Waals surface area contributed by atoms with Crippen molar-refractivity contribution in [3.05, 3.63) is 53.1 Å². The second-order valence-electron chi connectivity index (χ2n) is 4.69. The summed E-state index contributed by atoms with van der Waals surface area (Å²) in [5.74, 6) is -1.13. The molecule has 5 heteroatoms. The molecule has 0 saturated heterocycles. The zero-order chi connectivity index (χ0) is 14.9. The molecule has 2 aromatic carbocycles. The second-order valence-corrected chi connectivity index (χ2v) is 4.69. The Labute approximate surface area is 115 Å². The summed E-state index contributed by atoms with van der Waals surface area (Å²) in [5, 5.41) is 21.9. The number of hydrogen-bond donors (Lipinski definition) is 3. The number of anilines is 1. The van der Waals surface area contributed by atoms with Crippen LogP contribution in [0.2, 0.25) is 0 Å². The molecule has 20 heavy (non-hydrogen) atoms. The Morgan fingerprint density at radius 2 is 1.75 bits per heavy atom. The van der Waals surface area contributed by atoms with Gasteiger partial charge in [0.25, 0.3) is 0 Å². The van der Waals surface area contributed by atoms with Gasteiger partial charge in [-0.15, -0.1) is 0 Å². The van der Waals surface area contributed by atoms with E-state index in [4.69, 9.17) is 0 Å². The van der Waals surface area contributed by atoms with Crippen LogP contribution in [0.1, 0.15) is 24.1 Å². The van der Waals surface area contributed by atoms with Gasteiger partial charge in [0.15, 0.2) is 0 Å². The molecule has 0 amide bonds. The molecule has 2 rings (SSSR count). The lowest BCUT2D eigenvalue weighted by Crippen LogP contribution is -2.09. The molecule has 0 fully saturated rings. The molecule has 1 unspecified atom stereocenters. The summed E-state index contributed by atoms with van der Waals surface area (Å²) in [7, 11) is 0. The number of nitrogens with one attached hydrogen (secondary N) is 1. The molecular formula is C15H15F2NO2. The molecule has 0 heterocycles. The maximum Gasteiger partial charge on any atom is 0.146 e. The van der Waals surface area contributed by atoms with Gasteiger partial charge in [0.1, 0.15) is 23.1 Å². The number of rotatable bonds is 3. The molecule has 0 aliphatic rings. The lowest BCUT2D eigenvalue weighted by atomic mass is 10.1. The van der Waals surface area contributed by atoms with E-state index < -0.39 is 17.7 Å². The molecule has 3 nitrogen and oxygen atoms in total. The number of phenols is 2. The number of benzene rings is 2. The van der Waals surface area contributed by atoms with Gasteiger partial charge in [-0.2, -0.15) is 0 Å². The van der Waals surface area contributed by atoms with Crippen LogP contribution in [0.3, 0.4) is 0 Å². The first kappa shape index (κ1) is 14.1. The van der Waals surface area contributed by atoms with E-state index in [0.717, 1.165) is 12.1 Å². The van der Waals surface area contributed by atoms with E-state index in [1.807, 2.05) is 0 Å². The minimum atomic E-state index is -0.574. The van der Waals surface area contributed by atoms with Gasteiger partial charge in [-0.05, 0) is 43.7 Å². The zero-order valence-corrected chi connectivity index (χ0v) is 11.1. The molecule has 0 spiro atoms. The van der Waals surface area contributed by atoms with Crippen LogP contribution in [0.15, 0.2) is 30.3 Å². The van der Waals surface area contributed by atoms with Gasteiger partial charge in [0.05, 0.1) is 11.7 Å². The molecule has 0 radical (unpaired) electrons. The Morgan fingerprint density at radius 1 is 1.05 bits per heavy atom. The third-order valence-corrected chi connectivity index (χ3v) is 3.10. The Kier molecular flexibility index (Phi) is 3.79. The fraction of sp³-hybridized carbons (Fsp3) is 0.200. The number of aromatic hydroxyl groups is 2. The van der Waals surface area contributed by atoms with Crippen LogP contribution in [-0.2, 0) is 0 Å². The van der Waals surface area contributed by atoms with Crippen molar-refractivity contribution in [2.75, 3.05) is 5.32 Å². The summed E-state index contributed by atoms with van der Waals surface area (Å²) in [4.78, 5) is 0. The van der Waals surface area contributed by atoms with Crippen LogP contribution in [0.5, 0.6) is 11.5 Å². The van der Waals surface area contributed by atoms with Gasteiger partial charge < -0.3 is 15.5 Å². The first-order valence-electron chi connectivity index (χ1n) is 6.12. The molecule has 1 atom stereocenters. The van der Waals surface area contributed by atoms with E-state index in [-0.39, 0.29) is 22.7 Å². The van der Waals surface area contributed by atoms with E-state index in [1.165, 1.54) is 25.1 Å². The van der Waals surface area contributed by atoms with Crippen LogP contribution in [0.25, 0.3) is 0 Å². The first-order chi connectivity index (χ1) is 9.38. The van der Waals surface area contributed by atoms with Gasteiger partial charge in [0.2, 0.25) is 0 Å². The van der Waals surface area contributed by atoms with Crippen LogP contribution >= 0.6 is 0 Å². The van der Waals surface area contributed by atoms with Crippen molar-refractivity contribution in [2.24, 2.45) is 0 Å². The molecule has 0 aromatic heterocycles. The summed E-state index contributed by atoms with van der Waals surface area (Å²) < 4.78 is 27.2.